The first-order chi connectivity index (χ1) is 14.3. The molecule has 8 heteroatoms. The minimum Gasteiger partial charge on any atom is -0.491 e. The van der Waals surface area contributed by atoms with E-state index in [-0.39, 0.29) is 30.9 Å². The van der Waals surface area contributed by atoms with Crippen molar-refractivity contribution in [3.05, 3.63) is 71.8 Å². The van der Waals surface area contributed by atoms with Gasteiger partial charge in [0.15, 0.2) is 11.4 Å². The number of guanidine groups is 2. The minimum absolute atomic E-state index is 0.0537. The van der Waals surface area contributed by atoms with Crippen LogP contribution in [0.1, 0.15) is 29.8 Å². The second-order valence-corrected chi connectivity index (χ2v) is 7.05. The molecule has 2 aromatic carbocycles. The standard InChI is InChI=1S/C22H25N5O3/c1-22(2)26-20(23)25-21(24)27(22)30-14-13-29-18-10-6-7-16(15-18)11-12-19(28)17-8-4-3-5-9-17/h3-12,15H,13-14H2,1-2H3,(H4,23,24,25,26). The van der Waals surface area contributed by atoms with E-state index in [2.05, 4.69) is 9.98 Å². The van der Waals surface area contributed by atoms with Crippen LogP contribution in [0.2, 0.25) is 0 Å². The Morgan fingerprint density at radius 1 is 1.10 bits per heavy atom. The molecule has 0 amide bonds. The number of hydrogen-bond acceptors (Lipinski definition) is 8. The van der Waals surface area contributed by atoms with Crippen molar-refractivity contribution in [1.29, 1.82) is 0 Å². The average molecular weight is 407 g/mol. The molecule has 0 bridgehead atoms. The minimum atomic E-state index is -0.758. The van der Waals surface area contributed by atoms with Crippen LogP contribution >= 0.6 is 0 Å². The highest BCUT2D eigenvalue weighted by molar-refractivity contribution is 6.06. The Labute approximate surface area is 175 Å². The third-order valence-corrected chi connectivity index (χ3v) is 4.24. The van der Waals surface area contributed by atoms with Crippen molar-refractivity contribution in [2.24, 2.45) is 21.5 Å². The van der Waals surface area contributed by atoms with E-state index in [4.69, 9.17) is 21.0 Å². The highest BCUT2D eigenvalue weighted by Crippen LogP contribution is 2.20. The van der Waals surface area contributed by atoms with Crippen LogP contribution in [0.15, 0.2) is 70.7 Å². The molecule has 3 rings (SSSR count). The molecule has 0 saturated heterocycles. The molecule has 8 nitrogen and oxygen atoms in total. The largest absolute Gasteiger partial charge is 0.491 e. The SMILES string of the molecule is CC1(C)N=C(N)N=C(N)N1OCCOc1cccc(C=CC(=O)c2ccccc2)c1. The number of carbonyl (C=O) groups is 1. The van der Waals surface area contributed by atoms with Crippen LogP contribution in [0.3, 0.4) is 0 Å². The summed E-state index contributed by atoms with van der Waals surface area (Å²) >= 11 is 0. The maximum Gasteiger partial charge on any atom is 0.226 e. The lowest BCUT2D eigenvalue weighted by Gasteiger charge is -2.36. The monoisotopic (exact) mass is 407 g/mol. The lowest BCUT2D eigenvalue weighted by molar-refractivity contribution is -0.161. The van der Waals surface area contributed by atoms with E-state index >= 15 is 0 Å². The molecule has 0 saturated carbocycles. The summed E-state index contributed by atoms with van der Waals surface area (Å²) in [5, 5.41) is 1.40. The third-order valence-electron chi connectivity index (χ3n) is 4.24. The predicted octanol–water partition coefficient (Wildman–Crippen LogP) is 2.57. The summed E-state index contributed by atoms with van der Waals surface area (Å²) in [5.74, 6) is 0.865. The van der Waals surface area contributed by atoms with E-state index in [0.29, 0.717) is 11.3 Å². The van der Waals surface area contributed by atoms with Gasteiger partial charge in [-0.25, -0.2) is 4.99 Å². The van der Waals surface area contributed by atoms with Crippen molar-refractivity contribution in [1.82, 2.24) is 5.06 Å². The number of carbonyl (C=O) groups excluding carboxylic acids is 1. The highest BCUT2D eigenvalue weighted by Gasteiger charge is 2.33. The summed E-state index contributed by atoms with van der Waals surface area (Å²) in [6, 6.07) is 16.6. The molecular weight excluding hydrogens is 382 g/mol. The summed E-state index contributed by atoms with van der Waals surface area (Å²) in [5.41, 5.74) is 12.3. The summed E-state index contributed by atoms with van der Waals surface area (Å²) in [6.45, 7) is 4.15. The number of ketones is 1. The van der Waals surface area contributed by atoms with Crippen LogP contribution in [-0.4, -0.2) is 41.6 Å². The quantitative estimate of drug-likeness (QED) is 0.395. The molecule has 156 valence electrons. The fourth-order valence-corrected chi connectivity index (χ4v) is 2.88. The number of benzene rings is 2. The second kappa shape index (κ2) is 9.23. The Hall–Kier alpha value is -3.65. The van der Waals surface area contributed by atoms with Crippen LogP contribution in [0.5, 0.6) is 5.75 Å². The Morgan fingerprint density at radius 3 is 2.60 bits per heavy atom. The molecule has 0 radical (unpaired) electrons. The van der Waals surface area contributed by atoms with Crippen molar-refractivity contribution < 1.29 is 14.4 Å². The maximum absolute atomic E-state index is 12.2. The van der Waals surface area contributed by atoms with Gasteiger partial charge in [0.1, 0.15) is 19.0 Å². The maximum atomic E-state index is 12.2. The fourth-order valence-electron chi connectivity index (χ4n) is 2.88. The molecule has 0 aromatic heterocycles. The van der Waals surface area contributed by atoms with Gasteiger partial charge in [0.25, 0.3) is 0 Å². The molecule has 30 heavy (non-hydrogen) atoms. The second-order valence-electron chi connectivity index (χ2n) is 7.05. The van der Waals surface area contributed by atoms with Gasteiger partial charge < -0.3 is 16.2 Å². The van der Waals surface area contributed by atoms with Crippen molar-refractivity contribution in [2.75, 3.05) is 13.2 Å². The molecule has 4 N–H and O–H groups in total. The van der Waals surface area contributed by atoms with Crippen molar-refractivity contribution in [3.63, 3.8) is 0 Å². The molecule has 1 aliphatic heterocycles. The van der Waals surface area contributed by atoms with Gasteiger partial charge in [-0.1, -0.05) is 48.5 Å². The average Bonchev–Trinajstić information content (AvgIpc) is 2.71. The summed E-state index contributed by atoms with van der Waals surface area (Å²) in [7, 11) is 0. The molecule has 0 fully saturated rings. The molecule has 2 aromatic rings. The zero-order valence-corrected chi connectivity index (χ0v) is 17.0. The molecule has 0 atom stereocenters. The Kier molecular flexibility index (Phi) is 6.48. The molecule has 0 aliphatic carbocycles. The first-order valence-electron chi connectivity index (χ1n) is 9.48. The van der Waals surface area contributed by atoms with Crippen LogP contribution in [0, 0.1) is 0 Å². The number of nitrogens with two attached hydrogens (primary N) is 2. The van der Waals surface area contributed by atoms with Gasteiger partial charge in [-0.05, 0) is 37.6 Å². The lowest BCUT2D eigenvalue weighted by Crippen LogP contribution is -2.54. The van der Waals surface area contributed by atoms with Crippen LogP contribution < -0.4 is 16.2 Å². The zero-order valence-electron chi connectivity index (χ0n) is 17.0. The number of hydrogen-bond donors (Lipinski definition) is 2. The van der Waals surface area contributed by atoms with Gasteiger partial charge in [0.2, 0.25) is 11.9 Å². The van der Waals surface area contributed by atoms with E-state index in [1.54, 1.807) is 24.3 Å². The number of aliphatic imine (C=N–C) groups is 2. The summed E-state index contributed by atoms with van der Waals surface area (Å²) in [6.07, 6.45) is 3.30. The van der Waals surface area contributed by atoms with Crippen LogP contribution in [-0.2, 0) is 4.84 Å². The van der Waals surface area contributed by atoms with Crippen molar-refractivity contribution in [2.45, 2.75) is 19.5 Å². The van der Waals surface area contributed by atoms with Gasteiger partial charge in [-0.15, -0.1) is 0 Å². The van der Waals surface area contributed by atoms with Gasteiger partial charge in [-0.2, -0.15) is 10.1 Å². The fraction of sp³-hybridized carbons (Fsp3) is 0.227. The highest BCUT2D eigenvalue weighted by atomic mass is 16.7. The van der Waals surface area contributed by atoms with Gasteiger partial charge in [0.05, 0.1) is 0 Å². The zero-order chi connectivity index (χ0) is 21.6. The Bertz CT molecular complexity index is 983. The van der Waals surface area contributed by atoms with E-state index in [9.17, 15) is 4.79 Å². The summed E-state index contributed by atoms with van der Waals surface area (Å²) < 4.78 is 5.74. The topological polar surface area (TPSA) is 116 Å². The van der Waals surface area contributed by atoms with Crippen molar-refractivity contribution in [3.8, 4) is 5.75 Å². The van der Waals surface area contributed by atoms with Gasteiger partial charge >= 0.3 is 0 Å². The van der Waals surface area contributed by atoms with Crippen molar-refractivity contribution >= 4 is 23.8 Å². The molecule has 1 aliphatic rings. The number of ether oxygens (including phenoxy) is 1. The number of hydroxylamine groups is 2. The normalized spacial score (nSPS) is 15.6. The van der Waals surface area contributed by atoms with Crippen LogP contribution in [0.4, 0.5) is 0 Å². The van der Waals surface area contributed by atoms with E-state index in [1.807, 2.05) is 56.3 Å². The Balaban J connectivity index is 1.52. The molecule has 1 heterocycles. The molecule has 0 spiro atoms. The number of allylic oxidation sites excluding steroid dienone is 1. The number of nitrogens with zero attached hydrogens (tertiary/aromatic N) is 3. The van der Waals surface area contributed by atoms with Gasteiger partial charge in [0, 0.05) is 5.56 Å². The summed E-state index contributed by atoms with van der Waals surface area (Å²) in [4.78, 5) is 26.0. The van der Waals surface area contributed by atoms with E-state index in [0.717, 1.165) is 5.56 Å². The lowest BCUT2D eigenvalue weighted by atomic mass is 10.1. The van der Waals surface area contributed by atoms with Crippen LogP contribution in [0.25, 0.3) is 6.08 Å². The van der Waals surface area contributed by atoms with E-state index < -0.39 is 5.66 Å². The predicted molar refractivity (Wildman–Crippen MR) is 117 cm³/mol. The molecular formula is C22H25N5O3. The first-order valence-corrected chi connectivity index (χ1v) is 9.48. The smallest absolute Gasteiger partial charge is 0.226 e. The Morgan fingerprint density at radius 2 is 1.87 bits per heavy atom. The first kappa shape index (κ1) is 21.1. The number of rotatable bonds is 8. The van der Waals surface area contributed by atoms with E-state index in [1.165, 1.54) is 5.06 Å². The third kappa shape index (κ3) is 5.45. The molecule has 0 unspecified atom stereocenters. The van der Waals surface area contributed by atoms with Gasteiger partial charge in [-0.3, -0.25) is 9.63 Å².